The number of esters is 1. The fraction of sp³-hybridized carbons (Fsp3) is 0.698. The number of carboxylic acid groups (broad SMARTS) is 1. The van der Waals surface area contributed by atoms with E-state index in [-0.39, 0.29) is 25.2 Å². The molecule has 2 bridgehead atoms. The van der Waals surface area contributed by atoms with Gasteiger partial charge < -0.3 is 106 Å². The Kier molecular flexibility index (Phi) is 26.2. The topological polar surface area (TPSA) is 396 Å². The molecule has 0 unspecified atom stereocenters. The number of allylic oxidation sites excluding steroid dienone is 12. The third-order valence-corrected chi connectivity index (χ3v) is 14.2. The number of ether oxygens (including phenoxy) is 5. The number of hydrogen-bond acceptors (Lipinski definition) is 22. The number of aliphatic carboxylic acids is 1. The maximum Gasteiger partial charge on any atom is 0.311 e. The molecule has 0 aliphatic carbocycles. The molecule has 0 radical (unpaired) electrons. The Morgan fingerprint density at radius 1 is 0.645 bits per heavy atom. The second-order valence-corrected chi connectivity index (χ2v) is 20.6. The molecule has 23 atom stereocenters. The van der Waals surface area contributed by atoms with Gasteiger partial charge in [-0.2, -0.15) is 0 Å². The molecule has 76 heavy (non-hydrogen) atoms. The van der Waals surface area contributed by atoms with E-state index in [0.717, 1.165) is 0 Å². The zero-order valence-electron chi connectivity index (χ0n) is 43.3. The Morgan fingerprint density at radius 3 is 1.84 bits per heavy atom. The van der Waals surface area contributed by atoms with Crippen molar-refractivity contribution in [1.29, 1.82) is 0 Å². The van der Waals surface area contributed by atoms with E-state index in [1.807, 2.05) is 6.92 Å². The molecule has 0 aromatic rings. The number of carbonyl (C=O) groups is 2. The molecule has 3 fully saturated rings. The van der Waals surface area contributed by atoms with Crippen LogP contribution in [0.15, 0.2) is 85.1 Å². The summed E-state index contributed by atoms with van der Waals surface area (Å²) >= 11 is 0. The van der Waals surface area contributed by atoms with Gasteiger partial charge in [-0.15, -0.1) is 0 Å². The summed E-state index contributed by atoms with van der Waals surface area (Å²) in [5, 5.41) is 165. The fourth-order valence-corrected chi connectivity index (χ4v) is 9.49. The lowest BCUT2D eigenvalue weighted by molar-refractivity contribution is -0.323. The number of hydrogen-bond donors (Lipinski definition) is 16. The lowest BCUT2D eigenvalue weighted by atomic mass is 9.82. The molecular formula is C53H83NO22. The quantitative estimate of drug-likeness (QED) is 0.130. The second-order valence-electron chi connectivity index (χ2n) is 20.6. The molecule has 4 rings (SSSR count). The SMILES string of the molecule is C[C@@H]1[C@H](O)[C@@H](C)/C=C/C=C/C=C/C=C/C=C/C=C/C=C/[C@H](O[C@@H]2O[C@H](C)[C@@H](O)[C@H](NC[C@@]3(O)OC[C@@H](O)[C@@H](O)[C@@H]3O)[C@@H]2O)C[C@@H]2O[C@](O)(C[C@@H](O)C[C@@H](O)[C@H](O)CC[C@@H](O)C[C@@H](O)CC(=O)O[C@H]1C)C[C@H](O)[C@H]2C(=O)O. The van der Waals surface area contributed by atoms with Gasteiger partial charge in [0.1, 0.15) is 36.4 Å². The lowest BCUT2D eigenvalue weighted by Crippen LogP contribution is -2.69. The van der Waals surface area contributed by atoms with Crippen LogP contribution in [0, 0.1) is 17.8 Å². The van der Waals surface area contributed by atoms with E-state index in [2.05, 4.69) is 5.32 Å². The minimum absolute atomic E-state index is 0.144. The van der Waals surface area contributed by atoms with Gasteiger partial charge in [0.2, 0.25) is 5.79 Å². The van der Waals surface area contributed by atoms with Crippen molar-refractivity contribution < 1.29 is 110 Å². The molecule has 0 spiro atoms. The molecule has 0 saturated carbocycles. The monoisotopic (exact) mass is 1090 g/mol. The van der Waals surface area contributed by atoms with Crippen molar-refractivity contribution >= 4 is 11.9 Å². The molecule has 4 aliphatic heterocycles. The molecule has 0 aromatic heterocycles. The number of cyclic esters (lactones) is 1. The maximum absolute atomic E-state index is 12.7. The van der Waals surface area contributed by atoms with Gasteiger partial charge in [0.05, 0.1) is 92.8 Å². The summed E-state index contributed by atoms with van der Waals surface area (Å²) < 4.78 is 28.7. The third-order valence-electron chi connectivity index (χ3n) is 14.2. The van der Waals surface area contributed by atoms with Gasteiger partial charge in [0.15, 0.2) is 12.1 Å². The van der Waals surface area contributed by atoms with E-state index in [1.165, 1.54) is 19.1 Å². The molecule has 3 saturated heterocycles. The van der Waals surface area contributed by atoms with Gasteiger partial charge in [-0.05, 0) is 33.1 Å². The average molecular weight is 1090 g/mol. The van der Waals surface area contributed by atoms with E-state index in [0.29, 0.717) is 0 Å². The zero-order chi connectivity index (χ0) is 56.5. The molecule has 23 nitrogen and oxygen atoms in total. The van der Waals surface area contributed by atoms with Crippen LogP contribution in [0.5, 0.6) is 0 Å². The first-order valence-electron chi connectivity index (χ1n) is 25.8. The number of nitrogens with one attached hydrogen (secondary N) is 1. The number of aliphatic hydroxyl groups is 14. The van der Waals surface area contributed by atoms with E-state index in [1.54, 1.807) is 86.8 Å². The summed E-state index contributed by atoms with van der Waals surface area (Å²) in [4.78, 5) is 25.4. The lowest BCUT2D eigenvalue weighted by Gasteiger charge is -2.46. The van der Waals surface area contributed by atoms with E-state index >= 15 is 0 Å². The van der Waals surface area contributed by atoms with Crippen LogP contribution in [0.3, 0.4) is 0 Å². The van der Waals surface area contributed by atoms with Crippen molar-refractivity contribution in [2.75, 3.05) is 13.2 Å². The van der Waals surface area contributed by atoms with Gasteiger partial charge in [0, 0.05) is 37.5 Å². The van der Waals surface area contributed by atoms with Crippen LogP contribution in [0.2, 0.25) is 0 Å². The Morgan fingerprint density at radius 2 is 1.24 bits per heavy atom. The molecule has 23 heteroatoms. The first-order chi connectivity index (χ1) is 35.7. The van der Waals surface area contributed by atoms with Crippen LogP contribution in [0.25, 0.3) is 0 Å². The summed E-state index contributed by atoms with van der Waals surface area (Å²) in [5.74, 6) is -9.65. The van der Waals surface area contributed by atoms with Crippen LogP contribution in [0.4, 0.5) is 0 Å². The van der Waals surface area contributed by atoms with Crippen LogP contribution in [-0.2, 0) is 33.3 Å². The van der Waals surface area contributed by atoms with Crippen LogP contribution in [-0.4, -0.2) is 223 Å². The van der Waals surface area contributed by atoms with Crippen molar-refractivity contribution in [1.82, 2.24) is 5.32 Å². The van der Waals surface area contributed by atoms with Crippen molar-refractivity contribution in [2.24, 2.45) is 17.8 Å². The van der Waals surface area contributed by atoms with Gasteiger partial charge >= 0.3 is 11.9 Å². The Labute approximate surface area is 442 Å². The highest BCUT2D eigenvalue weighted by Gasteiger charge is 2.53. The van der Waals surface area contributed by atoms with E-state index in [9.17, 15) is 86.2 Å². The third kappa shape index (κ3) is 19.6. The summed E-state index contributed by atoms with van der Waals surface area (Å²) in [6, 6.07) is -1.36. The van der Waals surface area contributed by atoms with Gasteiger partial charge in [-0.25, -0.2) is 0 Å². The minimum atomic E-state index is -2.47. The van der Waals surface area contributed by atoms with E-state index in [4.69, 9.17) is 23.7 Å². The normalized spacial score (nSPS) is 46.8. The van der Waals surface area contributed by atoms with Gasteiger partial charge in [0.25, 0.3) is 0 Å². The van der Waals surface area contributed by atoms with Crippen molar-refractivity contribution in [3.63, 3.8) is 0 Å². The van der Waals surface area contributed by atoms with Crippen molar-refractivity contribution in [2.45, 2.75) is 201 Å². The summed E-state index contributed by atoms with van der Waals surface area (Å²) in [5.41, 5.74) is 0. The average Bonchev–Trinajstić information content (AvgIpc) is 3.33. The predicted molar refractivity (Wildman–Crippen MR) is 270 cm³/mol. The first-order valence-corrected chi connectivity index (χ1v) is 25.8. The van der Waals surface area contributed by atoms with Gasteiger partial charge in [-0.3, -0.25) is 9.59 Å². The molecule has 0 aromatic carbocycles. The molecular weight excluding hydrogens is 1000 g/mol. The van der Waals surface area contributed by atoms with E-state index < -0.39 is 191 Å². The number of fused-ring (bicyclic) bond motifs is 2. The summed E-state index contributed by atoms with van der Waals surface area (Å²) in [7, 11) is 0. The van der Waals surface area contributed by atoms with Gasteiger partial charge in [-0.1, -0.05) is 98.9 Å². The smallest absolute Gasteiger partial charge is 0.311 e. The number of aliphatic hydroxyl groups excluding tert-OH is 12. The Hall–Kier alpha value is -3.64. The van der Waals surface area contributed by atoms with Crippen molar-refractivity contribution in [3.8, 4) is 0 Å². The summed E-state index contributed by atoms with van der Waals surface area (Å²) in [6.07, 6.45) is -4.47. The van der Waals surface area contributed by atoms with Crippen LogP contribution < -0.4 is 5.32 Å². The maximum atomic E-state index is 12.7. The highest BCUT2D eigenvalue weighted by molar-refractivity contribution is 5.71. The van der Waals surface area contributed by atoms with Crippen LogP contribution in [0.1, 0.15) is 79.1 Å². The Bertz CT molecular complexity index is 2000. The number of carboxylic acids is 1. The zero-order valence-corrected chi connectivity index (χ0v) is 43.3. The van der Waals surface area contributed by atoms with Crippen molar-refractivity contribution in [3.05, 3.63) is 85.1 Å². The second kappa shape index (κ2) is 30.6. The predicted octanol–water partition coefficient (Wildman–Crippen LogP) is -1.86. The molecule has 432 valence electrons. The molecule has 0 amide bonds. The minimum Gasteiger partial charge on any atom is -0.481 e. The molecule has 4 aliphatic rings. The number of carbonyl (C=O) groups excluding carboxylic acids is 1. The summed E-state index contributed by atoms with van der Waals surface area (Å²) in [6.45, 7) is 5.38. The van der Waals surface area contributed by atoms with Crippen LogP contribution >= 0.6 is 0 Å². The standard InChI is InChI=1S/C53H83NO22/c1-29-17-15-13-11-9-7-5-6-8-10-12-14-16-18-36(75-51-48(66)44(46(64)32(4)74-51)54-28-53(71)49(67)47(65)40(61)27-72-53)24-41-43(50(68)69)39(60)26-52(70,76-41)25-35(57)22-38(59)37(58)20-19-33(55)21-34(56)23-42(62)73-31(3)30(2)45(29)63/h5-18,29-41,43-49,51,54-61,63-67,70-71H,19-28H2,1-4H3,(H,68,69)/b6-5+,9-7+,10-8+,13-11+,14-12+,17-15+,18-16+/t29-,30-,31-,32+,33+,34+,35-,36-,37+,38+,39-,40+,41-,43+,44-,45+,46+,47+,48-,49-,51-,52+,53+/m0/s1. The molecule has 4 heterocycles. The largest absolute Gasteiger partial charge is 0.481 e. The molecule has 16 N–H and O–H groups in total. The highest BCUT2D eigenvalue weighted by atomic mass is 16.7. The Balaban J connectivity index is 1.59. The number of rotatable bonds is 6. The fourth-order valence-electron chi connectivity index (χ4n) is 9.49. The first kappa shape index (κ1) is 64.9. The highest BCUT2D eigenvalue weighted by Crippen LogP contribution is 2.38.